The molecule has 0 unspecified atom stereocenters. The van der Waals surface area contributed by atoms with Crippen LogP contribution in [0.3, 0.4) is 0 Å². The first kappa shape index (κ1) is 26.2. The number of nitrogens with zero attached hydrogens (tertiary/aromatic N) is 1. The van der Waals surface area contributed by atoms with E-state index in [-0.39, 0.29) is 12.0 Å². The van der Waals surface area contributed by atoms with Crippen molar-refractivity contribution >= 4 is 18.5 Å². The van der Waals surface area contributed by atoms with Gasteiger partial charge in [0, 0.05) is 18.1 Å². The topological polar surface area (TPSA) is 82.5 Å². The van der Waals surface area contributed by atoms with Gasteiger partial charge in [-0.1, -0.05) is 60.2 Å². The molecule has 0 aliphatic heterocycles. The van der Waals surface area contributed by atoms with Crippen LogP contribution in [0.5, 0.6) is 0 Å². The molecule has 0 fully saturated rings. The van der Waals surface area contributed by atoms with E-state index in [1.807, 2.05) is 36.4 Å². The Kier molecular flexibility index (Phi) is 8.65. The molecule has 7 heteroatoms. The molecule has 1 heterocycles. The zero-order valence-electron chi connectivity index (χ0n) is 20.5. The van der Waals surface area contributed by atoms with E-state index in [1.54, 1.807) is 12.3 Å². The van der Waals surface area contributed by atoms with E-state index in [9.17, 15) is 4.57 Å². The molecule has 0 spiro atoms. The zero-order chi connectivity index (χ0) is 25.5. The van der Waals surface area contributed by atoms with Crippen molar-refractivity contribution in [1.29, 1.82) is 0 Å². The van der Waals surface area contributed by atoms with Crippen LogP contribution in [0.1, 0.15) is 35.1 Å². The molecular formula is C29H32FN2O3P. The summed E-state index contributed by atoms with van der Waals surface area (Å²) in [5.74, 6) is -0.191. The first-order valence-electron chi connectivity index (χ1n) is 12.3. The fourth-order valence-electron chi connectivity index (χ4n) is 4.41. The summed E-state index contributed by atoms with van der Waals surface area (Å²) >= 11 is 0. The molecule has 0 radical (unpaired) electrons. The maximum atomic E-state index is 15.0. The van der Waals surface area contributed by atoms with Crippen molar-refractivity contribution in [2.24, 2.45) is 0 Å². The summed E-state index contributed by atoms with van der Waals surface area (Å²) in [5, 5.41) is 4.18. The number of fused-ring (bicyclic) bond motifs is 1. The summed E-state index contributed by atoms with van der Waals surface area (Å²) in [7, 11) is -3.97. The number of aromatic nitrogens is 1. The molecule has 0 amide bonds. The zero-order valence-corrected chi connectivity index (χ0v) is 21.3. The van der Waals surface area contributed by atoms with Crippen molar-refractivity contribution in [1.82, 2.24) is 10.3 Å². The highest BCUT2D eigenvalue weighted by molar-refractivity contribution is 7.51. The van der Waals surface area contributed by atoms with Crippen LogP contribution in [0.15, 0.2) is 72.9 Å². The highest BCUT2D eigenvalue weighted by Crippen LogP contribution is 2.34. The Labute approximate surface area is 211 Å². The number of rotatable bonds is 11. The van der Waals surface area contributed by atoms with Crippen molar-refractivity contribution in [3.8, 4) is 11.1 Å². The lowest BCUT2D eigenvalue weighted by Crippen LogP contribution is -2.16. The third-order valence-corrected chi connectivity index (χ3v) is 7.27. The summed E-state index contributed by atoms with van der Waals surface area (Å²) in [6.45, 7) is 3.10. The summed E-state index contributed by atoms with van der Waals surface area (Å²) in [5.41, 5.74) is 6.80. The molecule has 4 rings (SSSR count). The molecule has 0 atom stereocenters. The number of aryl methyl sites for hydroxylation is 3. The van der Waals surface area contributed by atoms with Crippen molar-refractivity contribution < 1.29 is 18.7 Å². The van der Waals surface area contributed by atoms with Crippen LogP contribution in [-0.4, -0.2) is 27.5 Å². The van der Waals surface area contributed by atoms with Gasteiger partial charge < -0.3 is 15.1 Å². The Bertz CT molecular complexity index is 1370. The highest BCUT2D eigenvalue weighted by Gasteiger charge is 2.13. The standard InChI is InChI=1S/C29H32FN2O3P/c1-21-8-10-22(11-9-21)5-2-6-23-12-13-24(19-28(23)30)26-15-14-25(29-27(26)7-3-17-32-29)20-31-16-4-18-36(33,34)35/h3,7-15,17,19,31H,2,4-6,16,18,20H2,1H3,(H2,33,34,35). The maximum absolute atomic E-state index is 15.0. The van der Waals surface area contributed by atoms with Gasteiger partial charge in [-0.2, -0.15) is 0 Å². The fraction of sp³-hybridized carbons (Fsp3) is 0.276. The molecule has 0 saturated carbocycles. The van der Waals surface area contributed by atoms with Gasteiger partial charge in [-0.3, -0.25) is 9.55 Å². The van der Waals surface area contributed by atoms with E-state index in [0.29, 0.717) is 25.9 Å². The van der Waals surface area contributed by atoms with E-state index in [1.165, 1.54) is 11.1 Å². The Balaban J connectivity index is 1.45. The van der Waals surface area contributed by atoms with E-state index < -0.39 is 7.60 Å². The van der Waals surface area contributed by atoms with Crippen molar-refractivity contribution in [3.63, 3.8) is 0 Å². The van der Waals surface area contributed by atoms with Crippen LogP contribution in [0, 0.1) is 12.7 Å². The smallest absolute Gasteiger partial charge is 0.324 e. The third-order valence-electron chi connectivity index (χ3n) is 6.37. The number of benzene rings is 3. The molecule has 188 valence electrons. The highest BCUT2D eigenvalue weighted by atomic mass is 31.2. The van der Waals surface area contributed by atoms with Gasteiger partial charge >= 0.3 is 7.60 Å². The summed E-state index contributed by atoms with van der Waals surface area (Å²) < 4.78 is 26.0. The maximum Gasteiger partial charge on any atom is 0.325 e. The Hall–Kier alpha value is -2.89. The molecule has 0 bridgehead atoms. The predicted octanol–water partition coefficient (Wildman–Crippen LogP) is 6.18. The molecule has 0 aliphatic rings. The number of halogens is 1. The minimum Gasteiger partial charge on any atom is -0.324 e. The second-order valence-electron chi connectivity index (χ2n) is 9.24. The molecule has 0 saturated heterocycles. The molecule has 1 aromatic heterocycles. The van der Waals surface area contributed by atoms with E-state index >= 15 is 4.39 Å². The second-order valence-corrected chi connectivity index (χ2v) is 11.0. The summed E-state index contributed by atoms with van der Waals surface area (Å²) in [4.78, 5) is 22.6. The predicted molar refractivity (Wildman–Crippen MR) is 144 cm³/mol. The van der Waals surface area contributed by atoms with Crippen molar-refractivity contribution in [2.45, 2.75) is 39.2 Å². The van der Waals surface area contributed by atoms with Gasteiger partial charge in [-0.15, -0.1) is 0 Å². The first-order chi connectivity index (χ1) is 17.3. The van der Waals surface area contributed by atoms with Crippen LogP contribution >= 0.6 is 7.60 Å². The van der Waals surface area contributed by atoms with Crippen molar-refractivity contribution in [3.05, 3.63) is 101 Å². The molecule has 4 aromatic rings. The number of hydrogen-bond donors (Lipinski definition) is 3. The molecule has 3 aromatic carbocycles. The lowest BCUT2D eigenvalue weighted by atomic mass is 9.95. The van der Waals surface area contributed by atoms with E-state index in [2.05, 4.69) is 41.5 Å². The van der Waals surface area contributed by atoms with Crippen LogP contribution in [0.4, 0.5) is 4.39 Å². The SMILES string of the molecule is Cc1ccc(CCCc2ccc(-c3ccc(CNCCCP(=O)(O)O)c4ncccc34)cc2F)cc1. The van der Waals surface area contributed by atoms with Gasteiger partial charge in [0.1, 0.15) is 5.82 Å². The summed E-state index contributed by atoms with van der Waals surface area (Å²) in [6.07, 6.45) is 4.50. The molecule has 0 aliphatic carbocycles. The van der Waals surface area contributed by atoms with Crippen LogP contribution in [-0.2, 0) is 24.0 Å². The number of nitrogens with one attached hydrogen (secondary N) is 1. The average molecular weight is 507 g/mol. The van der Waals surface area contributed by atoms with E-state index in [4.69, 9.17) is 9.79 Å². The molecule has 3 N–H and O–H groups in total. The third kappa shape index (κ3) is 7.08. The van der Waals surface area contributed by atoms with Crippen molar-refractivity contribution in [2.75, 3.05) is 12.7 Å². The Morgan fingerprint density at radius 2 is 1.72 bits per heavy atom. The second kappa shape index (κ2) is 11.9. The van der Waals surface area contributed by atoms with Gasteiger partial charge in [0.25, 0.3) is 0 Å². The van der Waals surface area contributed by atoms with Crippen LogP contribution in [0.25, 0.3) is 22.0 Å². The quantitative estimate of drug-likeness (QED) is 0.167. The van der Waals surface area contributed by atoms with Crippen LogP contribution < -0.4 is 5.32 Å². The summed E-state index contributed by atoms with van der Waals surface area (Å²) in [6, 6.07) is 21.8. The molecular weight excluding hydrogens is 474 g/mol. The molecule has 5 nitrogen and oxygen atoms in total. The van der Waals surface area contributed by atoms with Gasteiger partial charge in [-0.25, -0.2) is 4.39 Å². The van der Waals surface area contributed by atoms with Gasteiger partial charge in [0.05, 0.1) is 11.7 Å². The van der Waals surface area contributed by atoms with Gasteiger partial charge in [-0.05, 0) is 79.1 Å². The fourth-order valence-corrected chi connectivity index (χ4v) is 4.98. The number of hydrogen-bond acceptors (Lipinski definition) is 3. The largest absolute Gasteiger partial charge is 0.325 e. The number of pyridine rings is 1. The lowest BCUT2D eigenvalue weighted by Gasteiger charge is -2.13. The monoisotopic (exact) mass is 506 g/mol. The Morgan fingerprint density at radius 3 is 2.47 bits per heavy atom. The average Bonchev–Trinajstić information content (AvgIpc) is 2.85. The minimum absolute atomic E-state index is 0.133. The van der Waals surface area contributed by atoms with Gasteiger partial charge in [0.2, 0.25) is 0 Å². The van der Waals surface area contributed by atoms with Gasteiger partial charge in [0.15, 0.2) is 0 Å². The lowest BCUT2D eigenvalue weighted by molar-refractivity contribution is 0.371. The molecule has 36 heavy (non-hydrogen) atoms. The first-order valence-corrected chi connectivity index (χ1v) is 14.1. The van der Waals surface area contributed by atoms with Crippen LogP contribution in [0.2, 0.25) is 0 Å². The minimum atomic E-state index is -3.97. The normalized spacial score (nSPS) is 11.8. The Morgan fingerprint density at radius 1 is 0.944 bits per heavy atom. The van der Waals surface area contributed by atoms with E-state index in [0.717, 1.165) is 46.0 Å².